The second kappa shape index (κ2) is 9.78. The van der Waals surface area contributed by atoms with Crippen molar-refractivity contribution in [3.05, 3.63) is 29.8 Å². The third-order valence-corrected chi connectivity index (χ3v) is 5.68. The smallest absolute Gasteiger partial charge is 0.193 e. The van der Waals surface area contributed by atoms with E-state index >= 15 is 0 Å². The van der Waals surface area contributed by atoms with E-state index in [0.717, 1.165) is 51.0 Å². The number of guanidine groups is 1. The first-order valence-electron chi connectivity index (χ1n) is 9.33. The summed E-state index contributed by atoms with van der Waals surface area (Å²) >= 11 is 0. The summed E-state index contributed by atoms with van der Waals surface area (Å²) in [7, 11) is 3.58. The summed E-state index contributed by atoms with van der Waals surface area (Å²) < 4.78 is 10.9. The Labute approximate surface area is 174 Å². The molecular weight excluding hydrogens is 441 g/mol. The first-order chi connectivity index (χ1) is 12.2. The lowest BCUT2D eigenvalue weighted by molar-refractivity contribution is 0.156. The Bertz CT molecular complexity index is 585. The second-order valence-corrected chi connectivity index (χ2v) is 7.41. The first-order valence-corrected chi connectivity index (χ1v) is 9.33. The first kappa shape index (κ1) is 21.3. The SMILES string of the molecule is CN=C(NCCC(C)c1ccc(OC)cc1)N1CCC2(CCOC2)C1.I. The number of hydrogen-bond donors (Lipinski definition) is 1. The zero-order valence-corrected chi connectivity index (χ0v) is 18.5. The van der Waals surface area contributed by atoms with Gasteiger partial charge in [-0.15, -0.1) is 24.0 Å². The molecule has 2 aliphatic heterocycles. The topological polar surface area (TPSA) is 46.1 Å². The van der Waals surface area contributed by atoms with Crippen LogP contribution in [0.3, 0.4) is 0 Å². The molecule has 0 aromatic heterocycles. The number of nitrogens with zero attached hydrogens (tertiary/aromatic N) is 2. The molecule has 146 valence electrons. The van der Waals surface area contributed by atoms with Gasteiger partial charge in [-0.2, -0.15) is 0 Å². The molecule has 26 heavy (non-hydrogen) atoms. The van der Waals surface area contributed by atoms with Gasteiger partial charge in [0, 0.05) is 38.7 Å². The predicted molar refractivity (Wildman–Crippen MR) is 117 cm³/mol. The molecule has 2 unspecified atom stereocenters. The van der Waals surface area contributed by atoms with E-state index < -0.39 is 0 Å². The molecule has 1 aromatic carbocycles. The van der Waals surface area contributed by atoms with Crippen LogP contribution in [0, 0.1) is 5.41 Å². The molecule has 2 aliphatic rings. The molecule has 2 atom stereocenters. The van der Waals surface area contributed by atoms with Crippen molar-refractivity contribution in [1.82, 2.24) is 10.2 Å². The summed E-state index contributed by atoms with van der Waals surface area (Å²) in [4.78, 5) is 6.89. The molecule has 0 bridgehead atoms. The third-order valence-electron chi connectivity index (χ3n) is 5.68. The number of methoxy groups -OCH3 is 1. The highest BCUT2D eigenvalue weighted by Crippen LogP contribution is 2.38. The minimum atomic E-state index is 0. The number of ether oxygens (including phenoxy) is 2. The van der Waals surface area contributed by atoms with Crippen LogP contribution >= 0.6 is 24.0 Å². The Balaban J connectivity index is 0.00000243. The van der Waals surface area contributed by atoms with Gasteiger partial charge in [0.15, 0.2) is 5.96 Å². The van der Waals surface area contributed by atoms with E-state index in [0.29, 0.717) is 11.3 Å². The van der Waals surface area contributed by atoms with E-state index in [2.05, 4.69) is 34.3 Å². The summed E-state index contributed by atoms with van der Waals surface area (Å²) in [6.07, 6.45) is 3.48. The van der Waals surface area contributed by atoms with Gasteiger partial charge in [-0.3, -0.25) is 4.99 Å². The number of likely N-dealkylation sites (tertiary alicyclic amines) is 1. The van der Waals surface area contributed by atoms with Crippen molar-refractivity contribution >= 4 is 29.9 Å². The highest BCUT2D eigenvalue weighted by Gasteiger charge is 2.42. The molecular formula is C20H32IN3O2. The normalized spacial score (nSPS) is 23.8. The van der Waals surface area contributed by atoms with Gasteiger partial charge in [0.1, 0.15) is 5.75 Å². The standard InChI is InChI=1S/C20H31N3O2.HI/c1-16(17-4-6-18(24-3)7-5-17)8-11-22-19(21-2)23-12-9-20(14-23)10-13-25-15-20;/h4-7,16H,8-15H2,1-3H3,(H,21,22);1H. The van der Waals surface area contributed by atoms with E-state index in [1.54, 1.807) is 7.11 Å². The van der Waals surface area contributed by atoms with Crippen molar-refractivity contribution in [2.75, 3.05) is 47.0 Å². The molecule has 1 N–H and O–H groups in total. The van der Waals surface area contributed by atoms with Crippen LogP contribution in [0.15, 0.2) is 29.3 Å². The van der Waals surface area contributed by atoms with Gasteiger partial charge in [0.25, 0.3) is 0 Å². The maximum atomic E-state index is 5.63. The van der Waals surface area contributed by atoms with Crippen LogP contribution in [0.4, 0.5) is 0 Å². The van der Waals surface area contributed by atoms with E-state index in [9.17, 15) is 0 Å². The number of aliphatic imine (C=N–C) groups is 1. The fourth-order valence-corrected chi connectivity index (χ4v) is 3.92. The van der Waals surface area contributed by atoms with Crippen molar-refractivity contribution in [2.24, 2.45) is 10.4 Å². The second-order valence-electron chi connectivity index (χ2n) is 7.41. The Morgan fingerprint density at radius 3 is 2.73 bits per heavy atom. The Hall–Kier alpha value is -1.02. The highest BCUT2D eigenvalue weighted by molar-refractivity contribution is 14.0. The van der Waals surface area contributed by atoms with Crippen molar-refractivity contribution in [3.63, 3.8) is 0 Å². The number of benzene rings is 1. The molecule has 2 heterocycles. The van der Waals surface area contributed by atoms with E-state index in [1.165, 1.54) is 18.4 Å². The molecule has 1 aromatic rings. The van der Waals surface area contributed by atoms with Crippen LogP contribution in [-0.2, 0) is 4.74 Å². The maximum absolute atomic E-state index is 5.63. The number of rotatable bonds is 5. The lowest BCUT2D eigenvalue weighted by Gasteiger charge is -2.25. The molecule has 3 rings (SSSR count). The Morgan fingerprint density at radius 1 is 1.35 bits per heavy atom. The lowest BCUT2D eigenvalue weighted by atomic mass is 9.87. The van der Waals surface area contributed by atoms with Crippen molar-refractivity contribution in [1.29, 1.82) is 0 Å². The fourth-order valence-electron chi connectivity index (χ4n) is 3.92. The molecule has 0 saturated carbocycles. The average Bonchev–Trinajstić information content (AvgIpc) is 3.29. The molecule has 0 aliphatic carbocycles. The van der Waals surface area contributed by atoms with Crippen molar-refractivity contribution < 1.29 is 9.47 Å². The fraction of sp³-hybridized carbons (Fsp3) is 0.650. The maximum Gasteiger partial charge on any atom is 0.193 e. The number of halogens is 1. The third kappa shape index (κ3) is 5.03. The molecule has 2 fully saturated rings. The average molecular weight is 473 g/mol. The quantitative estimate of drug-likeness (QED) is 0.404. The van der Waals surface area contributed by atoms with Gasteiger partial charge >= 0.3 is 0 Å². The van der Waals surface area contributed by atoms with Crippen LogP contribution in [-0.4, -0.2) is 57.9 Å². The van der Waals surface area contributed by atoms with Gasteiger partial charge < -0.3 is 19.7 Å². The van der Waals surface area contributed by atoms with Gasteiger partial charge in [-0.1, -0.05) is 19.1 Å². The van der Waals surface area contributed by atoms with Crippen molar-refractivity contribution in [3.8, 4) is 5.75 Å². The van der Waals surface area contributed by atoms with E-state index in [4.69, 9.17) is 9.47 Å². The van der Waals surface area contributed by atoms with Crippen molar-refractivity contribution in [2.45, 2.75) is 32.1 Å². The van der Waals surface area contributed by atoms with Gasteiger partial charge in [0.05, 0.1) is 13.7 Å². The monoisotopic (exact) mass is 473 g/mol. The molecule has 5 nitrogen and oxygen atoms in total. The van der Waals surface area contributed by atoms with Crippen LogP contribution in [0.2, 0.25) is 0 Å². The summed E-state index contributed by atoms with van der Waals surface area (Å²) in [5, 5.41) is 3.55. The summed E-state index contributed by atoms with van der Waals surface area (Å²) in [6.45, 7) is 7.18. The Morgan fingerprint density at radius 2 is 2.12 bits per heavy atom. The minimum Gasteiger partial charge on any atom is -0.497 e. The molecule has 6 heteroatoms. The lowest BCUT2D eigenvalue weighted by Crippen LogP contribution is -2.42. The molecule has 0 amide bonds. The van der Waals surface area contributed by atoms with Crippen LogP contribution in [0.25, 0.3) is 0 Å². The zero-order chi connectivity index (χ0) is 17.7. The highest BCUT2D eigenvalue weighted by atomic mass is 127. The van der Waals surface area contributed by atoms with Crippen LogP contribution in [0.1, 0.15) is 37.7 Å². The number of hydrogen-bond acceptors (Lipinski definition) is 3. The van der Waals surface area contributed by atoms with Crippen LogP contribution in [0.5, 0.6) is 5.75 Å². The number of nitrogens with one attached hydrogen (secondary N) is 1. The summed E-state index contributed by atoms with van der Waals surface area (Å²) in [6, 6.07) is 8.38. The summed E-state index contributed by atoms with van der Waals surface area (Å²) in [5.41, 5.74) is 1.72. The summed E-state index contributed by atoms with van der Waals surface area (Å²) in [5.74, 6) is 2.45. The molecule has 2 saturated heterocycles. The molecule has 1 spiro atoms. The van der Waals surface area contributed by atoms with Gasteiger partial charge in [0.2, 0.25) is 0 Å². The predicted octanol–water partition coefficient (Wildman–Crippen LogP) is 3.49. The molecule has 0 radical (unpaired) electrons. The largest absolute Gasteiger partial charge is 0.497 e. The van der Waals surface area contributed by atoms with Gasteiger partial charge in [-0.05, 0) is 42.9 Å². The minimum absolute atomic E-state index is 0. The van der Waals surface area contributed by atoms with E-state index in [1.807, 2.05) is 19.2 Å². The van der Waals surface area contributed by atoms with Crippen LogP contribution < -0.4 is 10.1 Å². The van der Waals surface area contributed by atoms with E-state index in [-0.39, 0.29) is 24.0 Å². The van der Waals surface area contributed by atoms with Gasteiger partial charge in [-0.25, -0.2) is 0 Å². The zero-order valence-electron chi connectivity index (χ0n) is 16.2. The Kier molecular flexibility index (Phi) is 8.01.